The molecule has 0 aromatic carbocycles. The number of anilines is 1. The second-order valence-electron chi connectivity index (χ2n) is 4.30. The van der Waals surface area contributed by atoms with Crippen LogP contribution in [0.15, 0.2) is 0 Å². The van der Waals surface area contributed by atoms with Crippen LogP contribution in [0.3, 0.4) is 0 Å². The summed E-state index contributed by atoms with van der Waals surface area (Å²) in [5.74, 6) is 0.914. The van der Waals surface area contributed by atoms with E-state index in [0.717, 1.165) is 11.0 Å². The standard InChI is InChI=1S/C9H13N3S/c1-7-10-8(13-11-7)12-5-4-9(6-12)2-3-9/h2-6H2,1H3. The number of nitrogens with zero attached hydrogens (tertiary/aromatic N) is 3. The minimum absolute atomic E-state index is 0.694. The van der Waals surface area contributed by atoms with Gasteiger partial charge in [0.2, 0.25) is 5.13 Å². The van der Waals surface area contributed by atoms with Crippen LogP contribution < -0.4 is 4.90 Å². The number of hydrogen-bond donors (Lipinski definition) is 0. The second kappa shape index (κ2) is 2.44. The topological polar surface area (TPSA) is 29.0 Å². The van der Waals surface area contributed by atoms with Gasteiger partial charge in [-0.3, -0.25) is 0 Å². The van der Waals surface area contributed by atoms with E-state index in [9.17, 15) is 0 Å². The van der Waals surface area contributed by atoms with Crippen LogP contribution in [0.25, 0.3) is 0 Å². The monoisotopic (exact) mass is 195 g/mol. The van der Waals surface area contributed by atoms with Gasteiger partial charge in [0.05, 0.1) is 0 Å². The molecule has 0 unspecified atom stereocenters. The molecule has 70 valence electrons. The molecular formula is C9H13N3S. The van der Waals surface area contributed by atoms with Crippen molar-refractivity contribution in [2.75, 3.05) is 18.0 Å². The van der Waals surface area contributed by atoms with Crippen molar-refractivity contribution >= 4 is 16.7 Å². The lowest BCUT2D eigenvalue weighted by atomic mass is 10.1. The fraction of sp³-hybridized carbons (Fsp3) is 0.778. The van der Waals surface area contributed by atoms with Crippen molar-refractivity contribution in [1.82, 2.24) is 9.36 Å². The van der Waals surface area contributed by atoms with Crippen LogP contribution >= 0.6 is 11.5 Å². The average Bonchev–Trinajstić information content (AvgIpc) is 2.55. The molecule has 1 saturated heterocycles. The van der Waals surface area contributed by atoms with Crippen molar-refractivity contribution in [3.8, 4) is 0 Å². The maximum Gasteiger partial charge on any atom is 0.205 e. The SMILES string of the molecule is Cc1nsc(N2CCC3(CC3)C2)n1. The van der Waals surface area contributed by atoms with Gasteiger partial charge in [-0.05, 0) is 31.6 Å². The van der Waals surface area contributed by atoms with Gasteiger partial charge in [-0.25, -0.2) is 4.98 Å². The van der Waals surface area contributed by atoms with E-state index in [1.807, 2.05) is 6.92 Å². The lowest BCUT2D eigenvalue weighted by molar-refractivity contribution is 0.581. The van der Waals surface area contributed by atoms with Crippen LogP contribution in [0, 0.1) is 12.3 Å². The quantitative estimate of drug-likeness (QED) is 0.684. The fourth-order valence-corrected chi connectivity index (χ4v) is 2.80. The number of aryl methyl sites for hydroxylation is 1. The Morgan fingerprint density at radius 1 is 1.38 bits per heavy atom. The average molecular weight is 195 g/mol. The molecule has 1 aromatic rings. The van der Waals surface area contributed by atoms with Crippen LogP contribution in [0.2, 0.25) is 0 Å². The van der Waals surface area contributed by atoms with Crippen molar-refractivity contribution in [1.29, 1.82) is 0 Å². The largest absolute Gasteiger partial charge is 0.346 e. The molecule has 2 aliphatic rings. The smallest absolute Gasteiger partial charge is 0.205 e. The zero-order chi connectivity index (χ0) is 8.89. The molecule has 1 saturated carbocycles. The van der Waals surface area contributed by atoms with E-state index in [4.69, 9.17) is 0 Å². The number of aromatic nitrogens is 2. The molecule has 1 aliphatic carbocycles. The summed E-state index contributed by atoms with van der Waals surface area (Å²) >= 11 is 1.54. The van der Waals surface area contributed by atoms with E-state index in [0.29, 0.717) is 5.41 Å². The van der Waals surface area contributed by atoms with E-state index >= 15 is 0 Å². The molecule has 2 heterocycles. The summed E-state index contributed by atoms with van der Waals surface area (Å²) in [4.78, 5) is 6.82. The molecule has 3 nitrogen and oxygen atoms in total. The Labute approximate surface area is 82.0 Å². The third-order valence-corrected chi connectivity index (χ3v) is 4.05. The Morgan fingerprint density at radius 3 is 2.77 bits per heavy atom. The molecule has 1 aromatic heterocycles. The van der Waals surface area contributed by atoms with Crippen molar-refractivity contribution in [2.24, 2.45) is 5.41 Å². The maximum absolute atomic E-state index is 4.42. The molecule has 0 bridgehead atoms. The zero-order valence-electron chi connectivity index (χ0n) is 7.79. The number of rotatable bonds is 1. The second-order valence-corrected chi connectivity index (χ2v) is 5.03. The molecular weight excluding hydrogens is 182 g/mol. The van der Waals surface area contributed by atoms with E-state index in [2.05, 4.69) is 14.3 Å². The highest BCUT2D eigenvalue weighted by Gasteiger charge is 2.48. The minimum Gasteiger partial charge on any atom is -0.346 e. The van der Waals surface area contributed by atoms with E-state index in [-0.39, 0.29) is 0 Å². The molecule has 13 heavy (non-hydrogen) atoms. The van der Waals surface area contributed by atoms with E-state index in [1.54, 1.807) is 11.5 Å². The third kappa shape index (κ3) is 1.24. The first kappa shape index (κ1) is 7.74. The highest BCUT2D eigenvalue weighted by molar-refractivity contribution is 7.09. The van der Waals surface area contributed by atoms with Crippen molar-refractivity contribution in [3.05, 3.63) is 5.82 Å². The Hall–Kier alpha value is -0.640. The van der Waals surface area contributed by atoms with Gasteiger partial charge in [0, 0.05) is 24.6 Å². The predicted octanol–water partition coefficient (Wildman–Crippen LogP) is 1.84. The molecule has 0 N–H and O–H groups in total. The summed E-state index contributed by atoms with van der Waals surface area (Å²) in [5, 5.41) is 1.13. The predicted molar refractivity (Wildman–Crippen MR) is 53.1 cm³/mol. The molecule has 2 fully saturated rings. The summed E-state index contributed by atoms with van der Waals surface area (Å²) < 4.78 is 4.22. The van der Waals surface area contributed by atoms with Gasteiger partial charge in [-0.1, -0.05) is 0 Å². The van der Waals surface area contributed by atoms with Gasteiger partial charge in [0.25, 0.3) is 0 Å². The first-order chi connectivity index (χ1) is 6.27. The van der Waals surface area contributed by atoms with Crippen LogP contribution in [-0.4, -0.2) is 22.4 Å². The van der Waals surface area contributed by atoms with Crippen LogP contribution in [0.5, 0.6) is 0 Å². The minimum atomic E-state index is 0.694. The molecule has 0 amide bonds. The Kier molecular flexibility index (Phi) is 1.45. The maximum atomic E-state index is 4.42. The first-order valence-corrected chi connectivity index (χ1v) is 5.60. The van der Waals surface area contributed by atoms with Crippen LogP contribution in [0.4, 0.5) is 5.13 Å². The lowest BCUT2D eigenvalue weighted by Crippen LogP contribution is -2.19. The van der Waals surface area contributed by atoms with Gasteiger partial charge in [0.15, 0.2) is 0 Å². The van der Waals surface area contributed by atoms with Crippen LogP contribution in [-0.2, 0) is 0 Å². The van der Waals surface area contributed by atoms with E-state index in [1.165, 1.54) is 32.4 Å². The van der Waals surface area contributed by atoms with Gasteiger partial charge in [-0.2, -0.15) is 4.37 Å². The van der Waals surface area contributed by atoms with Crippen LogP contribution in [0.1, 0.15) is 25.1 Å². The summed E-state index contributed by atoms with van der Waals surface area (Å²) in [6.07, 6.45) is 4.23. The summed E-state index contributed by atoms with van der Waals surface area (Å²) in [7, 11) is 0. The summed E-state index contributed by atoms with van der Waals surface area (Å²) in [5.41, 5.74) is 0.694. The molecule has 0 atom stereocenters. The molecule has 0 radical (unpaired) electrons. The Morgan fingerprint density at radius 2 is 2.23 bits per heavy atom. The first-order valence-electron chi connectivity index (χ1n) is 4.83. The highest BCUT2D eigenvalue weighted by Crippen LogP contribution is 2.53. The lowest BCUT2D eigenvalue weighted by Gasteiger charge is -2.13. The van der Waals surface area contributed by atoms with Crippen molar-refractivity contribution in [3.63, 3.8) is 0 Å². The fourth-order valence-electron chi connectivity index (χ4n) is 2.10. The molecule has 4 heteroatoms. The molecule has 1 spiro atoms. The third-order valence-electron chi connectivity index (χ3n) is 3.18. The Balaban J connectivity index is 1.80. The van der Waals surface area contributed by atoms with Gasteiger partial charge in [0.1, 0.15) is 5.82 Å². The van der Waals surface area contributed by atoms with E-state index < -0.39 is 0 Å². The summed E-state index contributed by atoms with van der Waals surface area (Å²) in [6, 6.07) is 0. The van der Waals surface area contributed by atoms with Gasteiger partial charge >= 0.3 is 0 Å². The summed E-state index contributed by atoms with van der Waals surface area (Å²) in [6.45, 7) is 4.37. The van der Waals surface area contributed by atoms with Crippen molar-refractivity contribution < 1.29 is 0 Å². The van der Waals surface area contributed by atoms with Crippen molar-refractivity contribution in [2.45, 2.75) is 26.2 Å². The molecule has 1 aliphatic heterocycles. The highest BCUT2D eigenvalue weighted by atomic mass is 32.1. The van der Waals surface area contributed by atoms with Gasteiger partial charge in [-0.15, -0.1) is 0 Å². The Bertz CT molecular complexity index is 329. The zero-order valence-corrected chi connectivity index (χ0v) is 8.60. The molecule has 3 rings (SSSR count). The van der Waals surface area contributed by atoms with Gasteiger partial charge < -0.3 is 4.90 Å². The normalized spacial score (nSPS) is 24.2. The number of hydrogen-bond acceptors (Lipinski definition) is 4.